The SMILES string of the molecule is CCOC(=O)c1cn([C@H](C)CF)cn1. The molecule has 1 rings (SSSR count). The zero-order chi connectivity index (χ0) is 10.6. The Hall–Kier alpha value is -1.39. The molecule has 0 spiro atoms. The minimum Gasteiger partial charge on any atom is -0.461 e. The van der Waals surface area contributed by atoms with Gasteiger partial charge >= 0.3 is 5.97 Å². The highest BCUT2D eigenvalue weighted by Gasteiger charge is 2.12. The van der Waals surface area contributed by atoms with Crippen LogP contribution in [0.4, 0.5) is 4.39 Å². The molecule has 4 nitrogen and oxygen atoms in total. The maximum absolute atomic E-state index is 12.3. The summed E-state index contributed by atoms with van der Waals surface area (Å²) in [6.45, 7) is 3.25. The third-order valence-electron chi connectivity index (χ3n) is 1.82. The van der Waals surface area contributed by atoms with Crippen LogP contribution < -0.4 is 0 Å². The minimum absolute atomic E-state index is 0.215. The van der Waals surface area contributed by atoms with Crippen molar-refractivity contribution in [2.24, 2.45) is 0 Å². The van der Waals surface area contributed by atoms with Crippen LogP contribution in [0.5, 0.6) is 0 Å². The summed E-state index contributed by atoms with van der Waals surface area (Å²) in [6, 6.07) is -0.300. The summed E-state index contributed by atoms with van der Waals surface area (Å²) in [6.07, 6.45) is 2.92. The average Bonchev–Trinajstić information content (AvgIpc) is 2.66. The van der Waals surface area contributed by atoms with E-state index < -0.39 is 12.6 Å². The molecule has 0 N–H and O–H groups in total. The highest BCUT2D eigenvalue weighted by molar-refractivity contribution is 5.86. The smallest absolute Gasteiger partial charge is 0.358 e. The number of halogens is 1. The number of hydrogen-bond donors (Lipinski definition) is 0. The van der Waals surface area contributed by atoms with E-state index in [4.69, 9.17) is 4.74 Å². The quantitative estimate of drug-likeness (QED) is 0.693. The van der Waals surface area contributed by atoms with Crippen LogP contribution in [0.1, 0.15) is 30.4 Å². The first-order valence-corrected chi connectivity index (χ1v) is 4.45. The first-order valence-electron chi connectivity index (χ1n) is 4.45. The minimum atomic E-state index is -0.487. The molecule has 1 aromatic heterocycles. The van der Waals surface area contributed by atoms with Crippen LogP contribution in [0.2, 0.25) is 0 Å². The number of rotatable bonds is 4. The molecule has 0 amide bonds. The van der Waals surface area contributed by atoms with E-state index in [0.717, 1.165) is 0 Å². The van der Waals surface area contributed by atoms with Gasteiger partial charge in [-0.25, -0.2) is 14.2 Å². The number of esters is 1. The van der Waals surface area contributed by atoms with Crippen LogP contribution in [0.15, 0.2) is 12.5 Å². The van der Waals surface area contributed by atoms with Crippen LogP contribution in [-0.4, -0.2) is 28.8 Å². The molecule has 0 unspecified atom stereocenters. The summed E-state index contributed by atoms with van der Waals surface area (Å²) in [5, 5.41) is 0. The van der Waals surface area contributed by atoms with Crippen molar-refractivity contribution >= 4 is 5.97 Å². The summed E-state index contributed by atoms with van der Waals surface area (Å²) >= 11 is 0. The molecule has 0 bridgehead atoms. The maximum atomic E-state index is 12.3. The van der Waals surface area contributed by atoms with Crippen LogP contribution in [0.25, 0.3) is 0 Å². The number of carbonyl (C=O) groups is 1. The van der Waals surface area contributed by atoms with Gasteiger partial charge in [0.05, 0.1) is 19.0 Å². The van der Waals surface area contributed by atoms with Crippen LogP contribution in [0.3, 0.4) is 0 Å². The lowest BCUT2D eigenvalue weighted by Crippen LogP contribution is -2.06. The van der Waals surface area contributed by atoms with Gasteiger partial charge in [0, 0.05) is 6.20 Å². The molecular formula is C9H13FN2O2. The van der Waals surface area contributed by atoms with Crippen molar-refractivity contribution in [1.29, 1.82) is 0 Å². The van der Waals surface area contributed by atoms with E-state index in [9.17, 15) is 9.18 Å². The largest absolute Gasteiger partial charge is 0.461 e. The molecule has 0 saturated carbocycles. The van der Waals surface area contributed by atoms with E-state index in [2.05, 4.69) is 4.98 Å². The molecule has 1 atom stereocenters. The van der Waals surface area contributed by atoms with Crippen molar-refractivity contribution in [3.8, 4) is 0 Å². The lowest BCUT2D eigenvalue weighted by atomic mass is 10.4. The summed E-state index contributed by atoms with van der Waals surface area (Å²) in [4.78, 5) is 15.0. The monoisotopic (exact) mass is 200 g/mol. The zero-order valence-corrected chi connectivity index (χ0v) is 8.24. The molecule has 5 heteroatoms. The number of alkyl halides is 1. The number of imidazole rings is 1. The lowest BCUT2D eigenvalue weighted by Gasteiger charge is -2.06. The second kappa shape index (κ2) is 4.74. The van der Waals surface area contributed by atoms with Gasteiger partial charge in [-0.2, -0.15) is 0 Å². The Morgan fingerprint density at radius 3 is 3.07 bits per heavy atom. The van der Waals surface area contributed by atoms with Crippen LogP contribution in [-0.2, 0) is 4.74 Å². The normalized spacial score (nSPS) is 12.5. The van der Waals surface area contributed by atoms with E-state index in [-0.39, 0.29) is 11.7 Å². The fourth-order valence-corrected chi connectivity index (χ4v) is 0.968. The molecule has 1 aromatic rings. The van der Waals surface area contributed by atoms with Gasteiger partial charge in [0.15, 0.2) is 5.69 Å². The molecule has 0 aromatic carbocycles. The zero-order valence-electron chi connectivity index (χ0n) is 8.24. The first kappa shape index (κ1) is 10.7. The van der Waals surface area contributed by atoms with Gasteiger partial charge in [-0.1, -0.05) is 0 Å². The molecular weight excluding hydrogens is 187 g/mol. The van der Waals surface area contributed by atoms with Crippen LogP contribution >= 0.6 is 0 Å². The van der Waals surface area contributed by atoms with Crippen molar-refractivity contribution in [1.82, 2.24) is 9.55 Å². The first-order chi connectivity index (χ1) is 6.69. The lowest BCUT2D eigenvalue weighted by molar-refractivity contribution is 0.0520. The third-order valence-corrected chi connectivity index (χ3v) is 1.82. The Balaban J connectivity index is 2.72. The predicted molar refractivity (Wildman–Crippen MR) is 48.9 cm³/mol. The van der Waals surface area contributed by atoms with Gasteiger partial charge < -0.3 is 9.30 Å². The van der Waals surface area contributed by atoms with E-state index in [1.54, 1.807) is 18.4 Å². The van der Waals surface area contributed by atoms with Crippen LogP contribution in [0, 0.1) is 0 Å². The van der Waals surface area contributed by atoms with Gasteiger partial charge in [0.25, 0.3) is 0 Å². The molecule has 78 valence electrons. The van der Waals surface area contributed by atoms with Crippen molar-refractivity contribution < 1.29 is 13.9 Å². The topological polar surface area (TPSA) is 44.1 Å². The Morgan fingerprint density at radius 1 is 1.79 bits per heavy atom. The van der Waals surface area contributed by atoms with Crippen molar-refractivity contribution in [2.75, 3.05) is 13.3 Å². The number of aromatic nitrogens is 2. The molecule has 0 aliphatic heterocycles. The average molecular weight is 200 g/mol. The summed E-state index contributed by atoms with van der Waals surface area (Å²) in [5.41, 5.74) is 0.215. The third kappa shape index (κ3) is 2.31. The van der Waals surface area contributed by atoms with E-state index in [1.807, 2.05) is 0 Å². The predicted octanol–water partition coefficient (Wildman–Crippen LogP) is 1.59. The molecule has 0 aliphatic carbocycles. The Labute approximate surface area is 81.7 Å². The van der Waals surface area contributed by atoms with Gasteiger partial charge in [0.1, 0.15) is 6.67 Å². The number of nitrogens with zero attached hydrogens (tertiary/aromatic N) is 2. The van der Waals surface area contributed by atoms with E-state index >= 15 is 0 Å². The fraction of sp³-hybridized carbons (Fsp3) is 0.556. The highest BCUT2D eigenvalue weighted by atomic mass is 19.1. The summed E-state index contributed by atoms with van der Waals surface area (Å²) < 4.78 is 18.6. The Kier molecular flexibility index (Phi) is 3.62. The molecule has 14 heavy (non-hydrogen) atoms. The van der Waals surface area contributed by atoms with Gasteiger partial charge in [-0.3, -0.25) is 0 Å². The maximum Gasteiger partial charge on any atom is 0.358 e. The van der Waals surface area contributed by atoms with Gasteiger partial charge in [-0.05, 0) is 13.8 Å². The van der Waals surface area contributed by atoms with Crippen molar-refractivity contribution in [2.45, 2.75) is 19.9 Å². The number of hydrogen-bond acceptors (Lipinski definition) is 3. The second-order valence-electron chi connectivity index (χ2n) is 2.93. The van der Waals surface area contributed by atoms with E-state index in [1.165, 1.54) is 12.5 Å². The number of carbonyl (C=O) groups excluding carboxylic acids is 1. The molecule has 1 heterocycles. The standard InChI is InChI=1S/C9H13FN2O2/c1-3-14-9(13)8-5-12(6-11-8)7(2)4-10/h5-7H,3-4H2,1-2H3/t7-/m1/s1. The Bertz CT molecular complexity index is 312. The molecule has 0 fully saturated rings. The highest BCUT2D eigenvalue weighted by Crippen LogP contribution is 2.07. The van der Waals surface area contributed by atoms with Crippen molar-refractivity contribution in [3.05, 3.63) is 18.2 Å². The summed E-state index contributed by atoms with van der Waals surface area (Å²) in [5.74, 6) is -0.475. The second-order valence-corrected chi connectivity index (χ2v) is 2.93. The van der Waals surface area contributed by atoms with Gasteiger partial charge in [0.2, 0.25) is 0 Å². The molecule has 0 radical (unpaired) electrons. The summed E-state index contributed by atoms with van der Waals surface area (Å²) in [7, 11) is 0. The Morgan fingerprint density at radius 2 is 2.50 bits per heavy atom. The van der Waals surface area contributed by atoms with Gasteiger partial charge in [-0.15, -0.1) is 0 Å². The van der Waals surface area contributed by atoms with E-state index in [0.29, 0.717) is 6.61 Å². The number of ether oxygens (including phenoxy) is 1. The molecule has 0 aliphatic rings. The van der Waals surface area contributed by atoms with Crippen molar-refractivity contribution in [3.63, 3.8) is 0 Å². The molecule has 0 saturated heterocycles. The fourth-order valence-electron chi connectivity index (χ4n) is 0.968.